The van der Waals surface area contributed by atoms with Crippen LogP contribution in [0.1, 0.15) is 57.1 Å². The van der Waals surface area contributed by atoms with Gasteiger partial charge in [-0.3, -0.25) is 0 Å². The van der Waals surface area contributed by atoms with Gasteiger partial charge in [0.25, 0.3) is 0 Å². The molecule has 0 fully saturated rings. The van der Waals surface area contributed by atoms with Gasteiger partial charge in [0.2, 0.25) is 0 Å². The Morgan fingerprint density at radius 3 is 2.19 bits per heavy atom. The Bertz CT molecular complexity index is 775. The van der Waals surface area contributed by atoms with Gasteiger partial charge < -0.3 is 24.8 Å². The molecule has 3 aromatic carbocycles. The molecule has 0 heterocycles. The molecule has 0 aromatic heterocycles. The number of rotatable bonds is 8. The molecule has 0 amide bonds. The van der Waals surface area contributed by atoms with E-state index in [9.17, 15) is 0 Å². The van der Waals surface area contributed by atoms with Crippen molar-refractivity contribution in [2.24, 2.45) is 0 Å². The number of unbranched alkanes of at least 4 members (excludes halogenated alkanes) is 3. The van der Waals surface area contributed by atoms with Crippen LogP contribution in [0.5, 0.6) is 0 Å². The van der Waals surface area contributed by atoms with Crippen molar-refractivity contribution in [3.05, 3.63) is 65.7 Å². The fourth-order valence-electron chi connectivity index (χ4n) is 3.59. The van der Waals surface area contributed by atoms with Crippen LogP contribution < -0.4 is 24.8 Å². The minimum absolute atomic E-state index is 0. The Balaban J connectivity index is 0.00000225. The first-order chi connectivity index (χ1) is 11.8. The van der Waals surface area contributed by atoms with Crippen molar-refractivity contribution < 1.29 is 51.0 Å². The number of hydrogen-bond acceptors (Lipinski definition) is 0. The van der Waals surface area contributed by atoms with Gasteiger partial charge >= 0.3 is 26.2 Å². The van der Waals surface area contributed by atoms with Gasteiger partial charge in [0.1, 0.15) is 0 Å². The second-order valence-corrected chi connectivity index (χ2v) is 6.93. The van der Waals surface area contributed by atoms with E-state index < -0.39 is 0 Å². The summed E-state index contributed by atoms with van der Waals surface area (Å²) < 4.78 is 0. The molecule has 0 spiro atoms. The minimum atomic E-state index is 0. The van der Waals surface area contributed by atoms with Gasteiger partial charge in [-0.15, -0.1) is 34.5 Å². The maximum atomic E-state index is 2.38. The Hall–Kier alpha value is -0.487. The van der Waals surface area contributed by atoms with Crippen LogP contribution in [0.25, 0.3) is 21.9 Å². The third-order valence-corrected chi connectivity index (χ3v) is 4.93. The minimum Gasteiger partial charge on any atom is -1.00 e. The van der Waals surface area contributed by atoms with E-state index in [4.69, 9.17) is 0 Å². The molecule has 3 heteroatoms. The summed E-state index contributed by atoms with van der Waals surface area (Å²) in [5.41, 5.74) is 5.64. The second-order valence-electron chi connectivity index (χ2n) is 6.93. The van der Waals surface area contributed by atoms with E-state index in [2.05, 4.69) is 68.4 Å². The van der Waals surface area contributed by atoms with Crippen LogP contribution in [0.4, 0.5) is 0 Å². The summed E-state index contributed by atoms with van der Waals surface area (Å²) in [6, 6.07) is 20.6. The van der Waals surface area contributed by atoms with Crippen LogP contribution in [0, 0.1) is 0 Å². The fraction of sp³-hybridized carbons (Fsp3) is 0.375. The molecule has 1 radical (unpaired) electrons. The summed E-state index contributed by atoms with van der Waals surface area (Å²) in [4.78, 5) is 0. The van der Waals surface area contributed by atoms with Crippen LogP contribution in [0.3, 0.4) is 0 Å². The molecule has 0 N–H and O–H groups in total. The van der Waals surface area contributed by atoms with E-state index in [1.54, 1.807) is 0 Å². The predicted octanol–water partition coefficient (Wildman–Crippen LogP) is 1.31. The monoisotopic (exact) mass is 477 g/mol. The summed E-state index contributed by atoms with van der Waals surface area (Å²) >= 11 is 0. The molecule has 0 atom stereocenters. The zero-order chi connectivity index (χ0) is 16.8. The molecular weight excluding hydrogens is 450 g/mol. The summed E-state index contributed by atoms with van der Waals surface area (Å²) in [6.45, 7) is 4.52. The fourth-order valence-corrected chi connectivity index (χ4v) is 3.59. The number of aryl methyl sites for hydroxylation is 2. The Morgan fingerprint density at radius 2 is 1.52 bits per heavy atom. The van der Waals surface area contributed by atoms with Gasteiger partial charge in [-0.2, -0.15) is 6.07 Å². The van der Waals surface area contributed by atoms with Gasteiger partial charge in [0, 0.05) is 0 Å². The molecule has 0 saturated carbocycles. The van der Waals surface area contributed by atoms with Gasteiger partial charge in [0.05, 0.1) is 0 Å². The number of benzene rings is 2. The number of fused-ring (bicyclic) bond motifs is 1. The topological polar surface area (TPSA) is 0 Å². The second kappa shape index (κ2) is 13.6. The summed E-state index contributed by atoms with van der Waals surface area (Å²) in [7, 11) is 0. The molecule has 0 aliphatic rings. The first-order valence-electron chi connectivity index (χ1n) is 9.59. The standard InChI is InChI=1S/C24H29.2ClH.Zr/c1-3-5-6-7-10-19-13-15-21(16-14-19)23-12-8-11-22-17-20(9-4-2)18-24(22)23;;;/h8,11-18H,3-7,9-10H2,1-2H3;2*1H;/q-1;;;+3/p-2. The quantitative estimate of drug-likeness (QED) is 0.338. The summed E-state index contributed by atoms with van der Waals surface area (Å²) in [5, 5.41) is 2.77. The van der Waals surface area contributed by atoms with Crippen LogP contribution in [0.2, 0.25) is 0 Å². The van der Waals surface area contributed by atoms with E-state index >= 15 is 0 Å². The van der Waals surface area contributed by atoms with Crippen molar-refractivity contribution in [3.8, 4) is 11.1 Å². The Morgan fingerprint density at radius 1 is 0.778 bits per heavy atom. The van der Waals surface area contributed by atoms with Crippen molar-refractivity contribution >= 4 is 10.8 Å². The van der Waals surface area contributed by atoms with Crippen molar-refractivity contribution in [2.75, 3.05) is 0 Å². The third-order valence-electron chi connectivity index (χ3n) is 4.93. The maximum Gasteiger partial charge on any atom is 3.00 e. The van der Waals surface area contributed by atoms with E-state index in [-0.39, 0.29) is 51.0 Å². The SMILES string of the molecule is CCCCCCc1ccc(-c2cccc3[cH-]c(CCC)cc23)cc1.[Cl-].[Cl-].[Zr+3]. The van der Waals surface area contributed by atoms with Crippen LogP contribution in [-0.4, -0.2) is 0 Å². The smallest absolute Gasteiger partial charge is 1.00 e. The first kappa shape index (κ1) is 26.5. The number of hydrogen-bond donors (Lipinski definition) is 0. The first-order valence-corrected chi connectivity index (χ1v) is 9.59. The van der Waals surface area contributed by atoms with E-state index in [0.29, 0.717) is 0 Å². The van der Waals surface area contributed by atoms with E-state index in [1.165, 1.54) is 78.0 Å². The zero-order valence-electron chi connectivity index (χ0n) is 16.4. The van der Waals surface area contributed by atoms with Crippen LogP contribution in [-0.2, 0) is 39.0 Å². The van der Waals surface area contributed by atoms with Gasteiger partial charge in [-0.25, -0.2) is 0 Å². The van der Waals surface area contributed by atoms with Gasteiger partial charge in [-0.05, 0) is 30.4 Å². The maximum absolute atomic E-state index is 2.38. The van der Waals surface area contributed by atoms with Crippen molar-refractivity contribution in [2.45, 2.75) is 58.8 Å². The normalized spacial score (nSPS) is 10.0. The summed E-state index contributed by atoms with van der Waals surface area (Å²) in [5.74, 6) is 0. The average molecular weight is 480 g/mol. The Labute approximate surface area is 196 Å². The van der Waals surface area contributed by atoms with Crippen molar-refractivity contribution in [1.82, 2.24) is 0 Å². The molecular formula is C24H29Cl2Zr. The van der Waals surface area contributed by atoms with E-state index in [1.807, 2.05) is 0 Å². The van der Waals surface area contributed by atoms with Crippen molar-refractivity contribution in [1.29, 1.82) is 0 Å². The number of halogens is 2. The predicted molar refractivity (Wildman–Crippen MR) is 107 cm³/mol. The molecule has 0 aliphatic heterocycles. The van der Waals surface area contributed by atoms with Crippen LogP contribution in [0.15, 0.2) is 54.6 Å². The largest absolute Gasteiger partial charge is 3.00 e. The molecule has 0 bridgehead atoms. The zero-order valence-corrected chi connectivity index (χ0v) is 20.4. The van der Waals surface area contributed by atoms with Gasteiger partial charge in [0.15, 0.2) is 0 Å². The molecule has 143 valence electrons. The van der Waals surface area contributed by atoms with Crippen molar-refractivity contribution in [3.63, 3.8) is 0 Å². The molecule has 0 aliphatic carbocycles. The average Bonchev–Trinajstić information content (AvgIpc) is 3.02. The molecule has 3 rings (SSSR count). The van der Waals surface area contributed by atoms with Crippen LogP contribution >= 0.6 is 0 Å². The molecule has 0 unspecified atom stereocenters. The molecule has 27 heavy (non-hydrogen) atoms. The van der Waals surface area contributed by atoms with E-state index in [0.717, 1.165) is 0 Å². The van der Waals surface area contributed by atoms with Gasteiger partial charge in [-0.1, -0.05) is 75.4 Å². The molecule has 0 nitrogen and oxygen atoms in total. The third kappa shape index (κ3) is 7.12. The summed E-state index contributed by atoms with van der Waals surface area (Å²) in [6.07, 6.45) is 8.92. The Kier molecular flexibility index (Phi) is 13.4. The molecule has 3 aromatic rings. The molecule has 0 saturated heterocycles.